The van der Waals surface area contributed by atoms with Gasteiger partial charge in [-0.05, 0) is 38.5 Å². The van der Waals surface area contributed by atoms with Crippen LogP contribution in [0.5, 0.6) is 0 Å². The highest BCUT2D eigenvalue weighted by atomic mass is 16.4. The Morgan fingerprint density at radius 1 is 1.00 bits per heavy atom. The second kappa shape index (κ2) is 6.95. The zero-order valence-corrected chi connectivity index (χ0v) is 13.7. The van der Waals surface area contributed by atoms with Crippen LogP contribution >= 0.6 is 0 Å². The maximum absolute atomic E-state index is 5.71. The smallest absolute Gasteiger partial charge is 0.208 e. The molecule has 0 aromatic carbocycles. The van der Waals surface area contributed by atoms with Gasteiger partial charge in [0.2, 0.25) is 5.89 Å². The van der Waals surface area contributed by atoms with E-state index in [1.807, 2.05) is 13.8 Å². The quantitative estimate of drug-likeness (QED) is 0.886. The molecule has 1 heterocycles. The van der Waals surface area contributed by atoms with Crippen molar-refractivity contribution in [3.63, 3.8) is 0 Å². The van der Waals surface area contributed by atoms with Gasteiger partial charge in [0.1, 0.15) is 5.76 Å². The van der Waals surface area contributed by atoms with E-state index in [1.165, 1.54) is 57.8 Å². The molecule has 2 saturated carbocycles. The molecule has 3 nitrogen and oxygen atoms in total. The van der Waals surface area contributed by atoms with E-state index in [0.29, 0.717) is 6.04 Å². The third-order valence-corrected chi connectivity index (χ3v) is 5.66. The summed E-state index contributed by atoms with van der Waals surface area (Å²) in [6, 6.07) is 0.675. The Balaban J connectivity index is 1.58. The zero-order chi connectivity index (χ0) is 14.7. The van der Waals surface area contributed by atoms with E-state index in [9.17, 15) is 0 Å². The highest BCUT2D eigenvalue weighted by Gasteiger charge is 2.32. The van der Waals surface area contributed by atoms with Crippen LogP contribution in [0.3, 0.4) is 0 Å². The minimum atomic E-state index is 0.675. The van der Waals surface area contributed by atoms with E-state index >= 15 is 0 Å². The van der Waals surface area contributed by atoms with Crippen molar-refractivity contribution in [3.8, 4) is 0 Å². The van der Waals surface area contributed by atoms with Gasteiger partial charge >= 0.3 is 0 Å². The van der Waals surface area contributed by atoms with E-state index in [4.69, 9.17) is 4.42 Å². The molecule has 0 spiro atoms. The number of nitrogens with one attached hydrogen (secondary N) is 1. The molecular formula is C18H30N2O. The highest BCUT2D eigenvalue weighted by molar-refractivity contribution is 5.05. The Kier molecular flexibility index (Phi) is 4.99. The minimum Gasteiger partial charge on any atom is -0.444 e. The first-order chi connectivity index (χ1) is 10.2. The number of hydrogen-bond acceptors (Lipinski definition) is 3. The fraction of sp³-hybridized carbons (Fsp3) is 0.833. The average Bonchev–Trinajstić information content (AvgIpc) is 2.85. The van der Waals surface area contributed by atoms with Crippen LogP contribution in [0.2, 0.25) is 0 Å². The van der Waals surface area contributed by atoms with Crippen LogP contribution in [-0.2, 0) is 6.54 Å². The van der Waals surface area contributed by atoms with Gasteiger partial charge in [-0.2, -0.15) is 0 Å². The predicted octanol–water partition coefficient (Wildman–Crippen LogP) is 4.52. The van der Waals surface area contributed by atoms with Crippen molar-refractivity contribution >= 4 is 0 Å². The number of oxazole rings is 1. The second-order valence-corrected chi connectivity index (χ2v) is 7.08. The van der Waals surface area contributed by atoms with Crippen LogP contribution in [0.25, 0.3) is 0 Å². The van der Waals surface area contributed by atoms with Crippen molar-refractivity contribution in [2.45, 2.75) is 84.2 Å². The van der Waals surface area contributed by atoms with Gasteiger partial charge in [0, 0.05) is 6.04 Å². The molecule has 3 heteroatoms. The van der Waals surface area contributed by atoms with Crippen molar-refractivity contribution < 1.29 is 4.42 Å². The van der Waals surface area contributed by atoms with E-state index in [0.717, 1.165) is 35.7 Å². The molecule has 118 valence electrons. The fourth-order valence-corrected chi connectivity index (χ4v) is 4.37. The molecule has 1 N–H and O–H groups in total. The van der Waals surface area contributed by atoms with Crippen molar-refractivity contribution in [1.82, 2.24) is 10.3 Å². The van der Waals surface area contributed by atoms with Gasteiger partial charge in [0.05, 0.1) is 12.2 Å². The lowest BCUT2D eigenvalue weighted by molar-refractivity contribution is 0.147. The molecule has 2 aliphatic carbocycles. The summed E-state index contributed by atoms with van der Waals surface area (Å²) in [5.74, 6) is 3.66. The summed E-state index contributed by atoms with van der Waals surface area (Å²) < 4.78 is 5.71. The van der Waals surface area contributed by atoms with Crippen LogP contribution in [0, 0.1) is 25.7 Å². The van der Waals surface area contributed by atoms with Crippen LogP contribution in [0.1, 0.15) is 75.1 Å². The maximum atomic E-state index is 5.71. The fourth-order valence-electron chi connectivity index (χ4n) is 4.37. The van der Waals surface area contributed by atoms with Gasteiger partial charge in [0.15, 0.2) is 0 Å². The van der Waals surface area contributed by atoms with E-state index in [1.54, 1.807) is 0 Å². The molecule has 0 aliphatic heterocycles. The summed E-state index contributed by atoms with van der Waals surface area (Å²) in [6.45, 7) is 4.81. The summed E-state index contributed by atoms with van der Waals surface area (Å²) in [7, 11) is 0. The van der Waals surface area contributed by atoms with Gasteiger partial charge in [-0.25, -0.2) is 4.98 Å². The molecule has 0 saturated heterocycles. The number of aryl methyl sites for hydroxylation is 2. The van der Waals surface area contributed by atoms with E-state index < -0.39 is 0 Å². The molecule has 21 heavy (non-hydrogen) atoms. The van der Waals surface area contributed by atoms with E-state index in [2.05, 4.69) is 10.3 Å². The summed E-state index contributed by atoms with van der Waals surface area (Å²) in [6.07, 6.45) is 12.8. The third-order valence-electron chi connectivity index (χ3n) is 5.66. The van der Waals surface area contributed by atoms with Gasteiger partial charge in [-0.15, -0.1) is 0 Å². The molecule has 2 atom stereocenters. The first-order valence-electron chi connectivity index (χ1n) is 8.90. The lowest BCUT2D eigenvalue weighted by Crippen LogP contribution is -2.42. The Bertz CT molecular complexity index is 429. The first-order valence-corrected chi connectivity index (χ1v) is 8.90. The lowest BCUT2D eigenvalue weighted by atomic mass is 9.71. The van der Waals surface area contributed by atoms with Crippen molar-refractivity contribution in [2.24, 2.45) is 11.8 Å². The molecule has 2 aliphatic rings. The van der Waals surface area contributed by atoms with Crippen LogP contribution < -0.4 is 5.32 Å². The molecule has 3 rings (SSSR count). The molecule has 1 aromatic rings. The molecular weight excluding hydrogens is 260 g/mol. The SMILES string of the molecule is Cc1nc(CNC2CCCCC2C2CCCCC2)oc1C. The molecule has 0 bridgehead atoms. The summed E-state index contributed by atoms with van der Waals surface area (Å²) >= 11 is 0. The van der Waals surface area contributed by atoms with E-state index in [-0.39, 0.29) is 0 Å². The van der Waals surface area contributed by atoms with Gasteiger partial charge in [-0.3, -0.25) is 0 Å². The Labute approximate surface area is 128 Å². The normalized spacial score (nSPS) is 27.9. The standard InChI is InChI=1S/C18H30N2O/c1-13-14(2)21-18(20-13)12-19-17-11-7-6-10-16(17)15-8-4-3-5-9-15/h15-17,19H,3-12H2,1-2H3. The van der Waals surface area contributed by atoms with Gasteiger partial charge in [0.25, 0.3) is 0 Å². The van der Waals surface area contributed by atoms with Gasteiger partial charge in [-0.1, -0.05) is 44.9 Å². The number of hydrogen-bond donors (Lipinski definition) is 1. The van der Waals surface area contributed by atoms with Crippen molar-refractivity contribution in [1.29, 1.82) is 0 Å². The van der Waals surface area contributed by atoms with Gasteiger partial charge < -0.3 is 9.73 Å². The molecule has 1 aromatic heterocycles. The third kappa shape index (κ3) is 3.68. The lowest BCUT2D eigenvalue weighted by Gasteiger charge is -2.39. The number of aromatic nitrogens is 1. The minimum absolute atomic E-state index is 0.675. The van der Waals surface area contributed by atoms with Crippen LogP contribution in [-0.4, -0.2) is 11.0 Å². The number of nitrogens with zero attached hydrogens (tertiary/aromatic N) is 1. The maximum Gasteiger partial charge on any atom is 0.208 e. The van der Waals surface area contributed by atoms with Crippen LogP contribution in [0.4, 0.5) is 0 Å². The first kappa shape index (κ1) is 15.1. The average molecular weight is 290 g/mol. The Hall–Kier alpha value is -0.830. The monoisotopic (exact) mass is 290 g/mol. The molecule has 0 amide bonds. The topological polar surface area (TPSA) is 38.1 Å². The largest absolute Gasteiger partial charge is 0.444 e. The zero-order valence-electron chi connectivity index (χ0n) is 13.7. The highest BCUT2D eigenvalue weighted by Crippen LogP contribution is 2.38. The Morgan fingerprint density at radius 2 is 1.71 bits per heavy atom. The molecule has 2 unspecified atom stereocenters. The molecule has 0 radical (unpaired) electrons. The van der Waals surface area contributed by atoms with Crippen LogP contribution in [0.15, 0.2) is 4.42 Å². The van der Waals surface area contributed by atoms with Crippen molar-refractivity contribution in [3.05, 3.63) is 17.3 Å². The summed E-state index contributed by atoms with van der Waals surface area (Å²) in [5, 5.41) is 3.77. The molecule has 2 fully saturated rings. The predicted molar refractivity (Wildman–Crippen MR) is 85.1 cm³/mol. The Morgan fingerprint density at radius 3 is 2.43 bits per heavy atom. The number of rotatable bonds is 4. The summed E-state index contributed by atoms with van der Waals surface area (Å²) in [4.78, 5) is 4.50. The summed E-state index contributed by atoms with van der Waals surface area (Å²) in [5.41, 5.74) is 1.03. The second-order valence-electron chi connectivity index (χ2n) is 7.08. The van der Waals surface area contributed by atoms with Crippen molar-refractivity contribution in [2.75, 3.05) is 0 Å².